The Labute approximate surface area is 122 Å². The van der Waals surface area contributed by atoms with Gasteiger partial charge in [-0.3, -0.25) is 0 Å². The second-order valence-electron chi connectivity index (χ2n) is 5.52. The number of nitrogens with two attached hydrogens (primary N) is 1. The topological polar surface area (TPSA) is 64.9 Å². The maximum Gasteiger partial charge on any atom is 0.231 e. The number of rotatable bonds is 6. The Morgan fingerprint density at radius 2 is 2.05 bits per heavy atom. The molecule has 0 aliphatic heterocycles. The Kier molecular flexibility index (Phi) is 5.01. The normalized spacial score (nSPS) is 12.9. The lowest BCUT2D eigenvalue weighted by Crippen LogP contribution is -2.15. The predicted molar refractivity (Wildman–Crippen MR) is 74.7 cm³/mol. The molecule has 0 saturated heterocycles. The van der Waals surface area contributed by atoms with Crippen LogP contribution in [0.3, 0.4) is 0 Å². The molecule has 6 heteroatoms. The Morgan fingerprint density at radius 3 is 2.67 bits per heavy atom. The van der Waals surface area contributed by atoms with Crippen LogP contribution in [-0.4, -0.2) is 16.7 Å². The van der Waals surface area contributed by atoms with Crippen LogP contribution < -0.4 is 5.73 Å². The standard InChI is InChI=1S/C15H19F2N3O/c1-9(2)5-11(8-18)15-19-14(20-21-15)6-10-3-4-12(16)7-13(10)17/h3-4,7,9,11H,5-6,8,18H2,1-2H3. The van der Waals surface area contributed by atoms with Crippen molar-refractivity contribution in [2.75, 3.05) is 6.54 Å². The molecule has 0 aliphatic rings. The predicted octanol–water partition coefficient (Wildman–Crippen LogP) is 3.03. The van der Waals surface area contributed by atoms with E-state index in [0.29, 0.717) is 29.7 Å². The Hall–Kier alpha value is -1.82. The van der Waals surface area contributed by atoms with Gasteiger partial charge < -0.3 is 10.3 Å². The summed E-state index contributed by atoms with van der Waals surface area (Å²) in [4.78, 5) is 4.28. The van der Waals surface area contributed by atoms with Crippen molar-refractivity contribution in [2.24, 2.45) is 11.7 Å². The number of hydrogen-bond donors (Lipinski definition) is 1. The first-order chi connectivity index (χ1) is 9.99. The van der Waals surface area contributed by atoms with Gasteiger partial charge in [0.1, 0.15) is 11.6 Å². The Balaban J connectivity index is 2.12. The second-order valence-corrected chi connectivity index (χ2v) is 5.52. The molecule has 0 spiro atoms. The van der Waals surface area contributed by atoms with Crippen LogP contribution in [-0.2, 0) is 6.42 Å². The molecule has 2 aromatic rings. The van der Waals surface area contributed by atoms with Crippen LogP contribution in [0.4, 0.5) is 8.78 Å². The Bertz CT molecular complexity index is 598. The fraction of sp³-hybridized carbons (Fsp3) is 0.467. The zero-order valence-electron chi connectivity index (χ0n) is 12.1. The molecule has 0 bridgehead atoms. The SMILES string of the molecule is CC(C)CC(CN)c1nc(Cc2ccc(F)cc2F)no1. The number of halogens is 2. The third kappa shape index (κ3) is 4.07. The van der Waals surface area contributed by atoms with E-state index < -0.39 is 11.6 Å². The summed E-state index contributed by atoms with van der Waals surface area (Å²) in [7, 11) is 0. The van der Waals surface area contributed by atoms with E-state index in [1.54, 1.807) is 0 Å². The molecule has 1 atom stereocenters. The minimum Gasteiger partial charge on any atom is -0.339 e. The molecule has 1 aromatic heterocycles. The summed E-state index contributed by atoms with van der Waals surface area (Å²) in [6, 6.07) is 3.44. The molecule has 114 valence electrons. The highest BCUT2D eigenvalue weighted by atomic mass is 19.1. The van der Waals surface area contributed by atoms with Gasteiger partial charge in [-0.1, -0.05) is 25.1 Å². The minimum absolute atomic E-state index is 0.00400. The van der Waals surface area contributed by atoms with Crippen LogP contribution in [0.2, 0.25) is 0 Å². The number of aromatic nitrogens is 2. The monoisotopic (exact) mass is 295 g/mol. The van der Waals surface area contributed by atoms with Crippen molar-refractivity contribution in [3.63, 3.8) is 0 Å². The molecule has 0 saturated carbocycles. The largest absolute Gasteiger partial charge is 0.339 e. The third-order valence-electron chi connectivity index (χ3n) is 3.24. The van der Waals surface area contributed by atoms with Crippen molar-refractivity contribution < 1.29 is 13.3 Å². The van der Waals surface area contributed by atoms with Gasteiger partial charge in [0, 0.05) is 19.0 Å². The summed E-state index contributed by atoms with van der Waals surface area (Å²) < 4.78 is 31.7. The van der Waals surface area contributed by atoms with Gasteiger partial charge in [0.15, 0.2) is 5.82 Å². The highest BCUT2D eigenvalue weighted by Gasteiger charge is 2.19. The van der Waals surface area contributed by atoms with Crippen molar-refractivity contribution in [1.29, 1.82) is 0 Å². The van der Waals surface area contributed by atoms with Crippen molar-refractivity contribution >= 4 is 0 Å². The van der Waals surface area contributed by atoms with Gasteiger partial charge in [-0.2, -0.15) is 4.98 Å². The summed E-state index contributed by atoms with van der Waals surface area (Å²) in [6.07, 6.45) is 1.01. The summed E-state index contributed by atoms with van der Waals surface area (Å²) in [5.74, 6) is 0.0956. The van der Waals surface area contributed by atoms with Crippen LogP contribution in [0, 0.1) is 17.6 Å². The molecule has 0 amide bonds. The number of hydrogen-bond acceptors (Lipinski definition) is 4. The molecule has 1 heterocycles. The van der Waals surface area contributed by atoms with Gasteiger partial charge in [-0.15, -0.1) is 0 Å². The minimum atomic E-state index is -0.612. The van der Waals surface area contributed by atoms with Gasteiger partial charge in [0.2, 0.25) is 5.89 Å². The van der Waals surface area contributed by atoms with E-state index in [1.807, 2.05) is 0 Å². The first-order valence-electron chi connectivity index (χ1n) is 6.96. The average molecular weight is 295 g/mol. The number of nitrogens with zero attached hydrogens (tertiary/aromatic N) is 2. The third-order valence-corrected chi connectivity index (χ3v) is 3.24. The molecule has 0 aliphatic carbocycles. The summed E-state index contributed by atoms with van der Waals surface area (Å²) in [6.45, 7) is 4.60. The molecule has 0 fully saturated rings. The summed E-state index contributed by atoms with van der Waals surface area (Å²) in [5.41, 5.74) is 6.06. The average Bonchev–Trinajstić information content (AvgIpc) is 2.87. The first-order valence-corrected chi connectivity index (χ1v) is 6.96. The van der Waals surface area contributed by atoms with Crippen LogP contribution >= 0.6 is 0 Å². The van der Waals surface area contributed by atoms with E-state index in [1.165, 1.54) is 12.1 Å². The molecule has 0 radical (unpaired) electrons. The van der Waals surface area contributed by atoms with Crippen LogP contribution in [0.15, 0.2) is 22.7 Å². The molecule has 21 heavy (non-hydrogen) atoms. The summed E-state index contributed by atoms with van der Waals surface area (Å²) >= 11 is 0. The van der Waals surface area contributed by atoms with E-state index in [0.717, 1.165) is 12.5 Å². The quantitative estimate of drug-likeness (QED) is 0.889. The lowest BCUT2D eigenvalue weighted by Gasteiger charge is -2.11. The maximum absolute atomic E-state index is 13.6. The van der Waals surface area contributed by atoms with Gasteiger partial charge in [-0.25, -0.2) is 8.78 Å². The van der Waals surface area contributed by atoms with Gasteiger partial charge >= 0.3 is 0 Å². The zero-order valence-corrected chi connectivity index (χ0v) is 12.1. The van der Waals surface area contributed by atoms with Crippen LogP contribution in [0.1, 0.15) is 43.5 Å². The van der Waals surface area contributed by atoms with E-state index in [4.69, 9.17) is 10.3 Å². The lowest BCUT2D eigenvalue weighted by molar-refractivity contribution is 0.332. The molecule has 4 nitrogen and oxygen atoms in total. The molecule has 2 N–H and O–H groups in total. The lowest BCUT2D eigenvalue weighted by atomic mass is 9.97. The molecule has 2 rings (SSSR count). The van der Waals surface area contributed by atoms with Crippen LogP contribution in [0.25, 0.3) is 0 Å². The maximum atomic E-state index is 13.6. The van der Waals surface area contributed by atoms with Crippen molar-refractivity contribution in [3.05, 3.63) is 47.1 Å². The van der Waals surface area contributed by atoms with E-state index >= 15 is 0 Å². The van der Waals surface area contributed by atoms with Gasteiger partial charge in [0.25, 0.3) is 0 Å². The van der Waals surface area contributed by atoms with Crippen LogP contribution in [0.5, 0.6) is 0 Å². The van der Waals surface area contributed by atoms with Crippen molar-refractivity contribution in [3.8, 4) is 0 Å². The molecule has 1 aromatic carbocycles. The van der Waals surface area contributed by atoms with E-state index in [2.05, 4.69) is 24.0 Å². The van der Waals surface area contributed by atoms with Crippen molar-refractivity contribution in [1.82, 2.24) is 10.1 Å². The van der Waals surface area contributed by atoms with Gasteiger partial charge in [-0.05, 0) is 24.0 Å². The number of benzene rings is 1. The smallest absolute Gasteiger partial charge is 0.231 e. The van der Waals surface area contributed by atoms with Crippen molar-refractivity contribution in [2.45, 2.75) is 32.6 Å². The Morgan fingerprint density at radius 1 is 1.29 bits per heavy atom. The molecular weight excluding hydrogens is 276 g/mol. The van der Waals surface area contributed by atoms with E-state index in [-0.39, 0.29) is 12.3 Å². The zero-order chi connectivity index (χ0) is 15.4. The highest BCUT2D eigenvalue weighted by molar-refractivity contribution is 5.21. The first kappa shape index (κ1) is 15.6. The fourth-order valence-electron chi connectivity index (χ4n) is 2.21. The van der Waals surface area contributed by atoms with E-state index in [9.17, 15) is 8.78 Å². The fourth-order valence-corrected chi connectivity index (χ4v) is 2.21. The highest BCUT2D eigenvalue weighted by Crippen LogP contribution is 2.22. The summed E-state index contributed by atoms with van der Waals surface area (Å²) in [5, 5.41) is 3.85. The second kappa shape index (κ2) is 6.76. The molecular formula is C15H19F2N3O. The van der Waals surface area contributed by atoms with Gasteiger partial charge in [0.05, 0.1) is 5.92 Å². The molecule has 1 unspecified atom stereocenters.